The number of allylic oxidation sites excluding steroid dienone is 1. The number of hydrogen-bond acceptors (Lipinski definition) is 2. The molecule has 0 aromatic carbocycles. The molecule has 7 atom stereocenters. The van der Waals surface area contributed by atoms with Gasteiger partial charge in [-0.3, -0.25) is 9.59 Å². The fraction of sp³-hybridized carbons (Fsp3) is 0.783. The number of hydrogen-bond donors (Lipinski definition) is 0. The molecule has 25 heavy (non-hydrogen) atoms. The van der Waals surface area contributed by atoms with Gasteiger partial charge in [0.05, 0.1) is 0 Å². The monoisotopic (exact) mass is 341 g/mol. The predicted molar refractivity (Wildman–Crippen MR) is 99.7 cm³/mol. The molecule has 2 heteroatoms. The quantitative estimate of drug-likeness (QED) is 0.694. The molecule has 0 amide bonds. The maximum Gasteiger partial charge on any atom is 0.155 e. The Morgan fingerprint density at radius 2 is 1.96 bits per heavy atom. The van der Waals surface area contributed by atoms with Gasteiger partial charge >= 0.3 is 0 Å². The molecule has 0 N–H and O–H groups in total. The molecule has 3 fully saturated rings. The van der Waals surface area contributed by atoms with Gasteiger partial charge < -0.3 is 0 Å². The smallest absolute Gasteiger partial charge is 0.155 e. The van der Waals surface area contributed by atoms with E-state index in [9.17, 15) is 9.59 Å². The second-order valence-electron chi connectivity index (χ2n) is 9.81. The third-order valence-electron chi connectivity index (χ3n) is 9.12. The number of ketones is 2. The molecule has 4 rings (SSSR count). The van der Waals surface area contributed by atoms with Crippen molar-refractivity contribution in [2.24, 2.45) is 40.4 Å². The Hall–Kier alpha value is -0.920. The van der Waals surface area contributed by atoms with Crippen molar-refractivity contribution in [2.45, 2.75) is 72.1 Å². The highest BCUT2D eigenvalue weighted by atomic mass is 16.1. The summed E-state index contributed by atoms with van der Waals surface area (Å²) in [5, 5.41) is 0. The second kappa shape index (κ2) is 5.79. The Labute approximate surface area is 152 Å². The first kappa shape index (κ1) is 17.5. The summed E-state index contributed by atoms with van der Waals surface area (Å²) >= 11 is 0. The van der Waals surface area contributed by atoms with Crippen LogP contribution in [-0.2, 0) is 9.59 Å². The molecule has 1 radical (unpaired) electrons. The van der Waals surface area contributed by atoms with Gasteiger partial charge in [0.1, 0.15) is 5.78 Å². The van der Waals surface area contributed by atoms with Crippen LogP contribution in [0.1, 0.15) is 72.1 Å². The summed E-state index contributed by atoms with van der Waals surface area (Å²) in [5.41, 5.74) is 1.80. The Morgan fingerprint density at radius 3 is 2.64 bits per heavy atom. The lowest BCUT2D eigenvalue weighted by Gasteiger charge is -2.60. The Balaban J connectivity index is 1.70. The van der Waals surface area contributed by atoms with Crippen LogP contribution in [0.2, 0.25) is 0 Å². The lowest BCUT2D eigenvalue weighted by molar-refractivity contribution is -0.130. The summed E-state index contributed by atoms with van der Waals surface area (Å²) in [4.78, 5) is 24.4. The van der Waals surface area contributed by atoms with E-state index in [2.05, 4.69) is 20.8 Å². The molecule has 1 unspecified atom stereocenters. The van der Waals surface area contributed by atoms with Gasteiger partial charge in [-0.05, 0) is 92.4 Å². The largest absolute Gasteiger partial charge is 0.300 e. The summed E-state index contributed by atoms with van der Waals surface area (Å²) in [5.74, 6) is 3.51. The van der Waals surface area contributed by atoms with Crippen LogP contribution >= 0.6 is 0 Å². The van der Waals surface area contributed by atoms with Crippen LogP contribution in [0.25, 0.3) is 0 Å². The lowest BCUT2D eigenvalue weighted by atomic mass is 9.44. The van der Waals surface area contributed by atoms with Gasteiger partial charge in [0.25, 0.3) is 0 Å². The summed E-state index contributed by atoms with van der Waals surface area (Å²) in [6, 6.07) is 0. The SMILES string of the molecule is [CH2]CC1CC(=O)C=C2CC[C@H]3[C@@H]4CC[C@H](C(C)=O)[C@@]4(C)CC[C@@H]3[C@]21C. The fourth-order valence-electron chi connectivity index (χ4n) is 7.83. The number of Topliss-reactive ketones (excluding diaryl/α,β-unsaturated/α-hetero) is 1. The third-order valence-corrected chi connectivity index (χ3v) is 9.12. The number of carbonyl (C=O) groups is 2. The van der Waals surface area contributed by atoms with E-state index in [1.165, 1.54) is 31.3 Å². The molecule has 3 saturated carbocycles. The van der Waals surface area contributed by atoms with E-state index < -0.39 is 0 Å². The van der Waals surface area contributed by atoms with E-state index in [0.29, 0.717) is 35.7 Å². The highest BCUT2D eigenvalue weighted by Gasteiger charge is 2.61. The molecule has 0 heterocycles. The number of rotatable bonds is 2. The van der Waals surface area contributed by atoms with Gasteiger partial charge in [-0.15, -0.1) is 0 Å². The standard InChI is InChI=1S/C23H33O2/c1-5-15-12-17(25)13-16-6-7-18-20-9-8-19(14(2)24)22(20,3)11-10-21(18)23(15,16)4/h13,15,18-21H,1,5-12H2,2-4H3/t15?,18-,19+,20-,21-,22+,23-/m0/s1. The minimum absolute atomic E-state index is 0.161. The van der Waals surface area contributed by atoms with E-state index >= 15 is 0 Å². The van der Waals surface area contributed by atoms with E-state index in [-0.39, 0.29) is 16.7 Å². The van der Waals surface area contributed by atoms with Crippen molar-refractivity contribution < 1.29 is 9.59 Å². The minimum atomic E-state index is 0.161. The van der Waals surface area contributed by atoms with Crippen molar-refractivity contribution in [3.8, 4) is 0 Å². The zero-order chi connectivity index (χ0) is 18.0. The summed E-state index contributed by atoms with van der Waals surface area (Å²) in [6.45, 7) is 10.9. The zero-order valence-corrected chi connectivity index (χ0v) is 16.1. The Kier molecular flexibility index (Phi) is 4.05. The minimum Gasteiger partial charge on any atom is -0.300 e. The summed E-state index contributed by atoms with van der Waals surface area (Å²) < 4.78 is 0. The number of fused-ring (bicyclic) bond motifs is 5. The average Bonchev–Trinajstić information content (AvgIpc) is 2.92. The number of carbonyl (C=O) groups excluding carboxylic acids is 2. The van der Waals surface area contributed by atoms with E-state index in [0.717, 1.165) is 25.2 Å². The molecule has 4 aliphatic carbocycles. The summed E-state index contributed by atoms with van der Waals surface area (Å²) in [7, 11) is 0. The van der Waals surface area contributed by atoms with E-state index in [4.69, 9.17) is 0 Å². The van der Waals surface area contributed by atoms with Crippen molar-refractivity contribution in [1.82, 2.24) is 0 Å². The van der Waals surface area contributed by atoms with Crippen LogP contribution in [-0.4, -0.2) is 11.6 Å². The third kappa shape index (κ3) is 2.28. The average molecular weight is 342 g/mol. The Morgan fingerprint density at radius 1 is 1.20 bits per heavy atom. The first-order valence-electron chi connectivity index (χ1n) is 10.4. The van der Waals surface area contributed by atoms with Crippen molar-refractivity contribution in [2.75, 3.05) is 0 Å². The van der Waals surface area contributed by atoms with Crippen LogP contribution in [0, 0.1) is 47.3 Å². The van der Waals surface area contributed by atoms with Crippen LogP contribution in [0.15, 0.2) is 11.6 Å². The van der Waals surface area contributed by atoms with Crippen LogP contribution in [0.4, 0.5) is 0 Å². The second-order valence-corrected chi connectivity index (χ2v) is 9.81. The highest BCUT2D eigenvalue weighted by Crippen LogP contribution is 2.67. The van der Waals surface area contributed by atoms with Crippen LogP contribution in [0.5, 0.6) is 0 Å². The first-order chi connectivity index (χ1) is 11.8. The normalized spacial score (nSPS) is 49.0. The molecule has 4 aliphatic rings. The molecule has 0 aromatic heterocycles. The van der Waals surface area contributed by atoms with E-state index in [1.807, 2.05) is 6.08 Å². The van der Waals surface area contributed by atoms with Crippen molar-refractivity contribution >= 4 is 11.6 Å². The lowest BCUT2D eigenvalue weighted by Crippen LogP contribution is -2.53. The summed E-state index contributed by atoms with van der Waals surface area (Å²) in [6.07, 6.45) is 10.6. The van der Waals surface area contributed by atoms with Gasteiger partial charge in [0.2, 0.25) is 0 Å². The van der Waals surface area contributed by atoms with Crippen LogP contribution in [0.3, 0.4) is 0 Å². The maximum atomic E-state index is 12.2. The topological polar surface area (TPSA) is 34.1 Å². The molecule has 0 aromatic rings. The zero-order valence-electron chi connectivity index (χ0n) is 16.1. The van der Waals surface area contributed by atoms with Crippen molar-refractivity contribution in [3.05, 3.63) is 18.6 Å². The molecule has 0 saturated heterocycles. The van der Waals surface area contributed by atoms with Crippen molar-refractivity contribution in [3.63, 3.8) is 0 Å². The van der Waals surface area contributed by atoms with Gasteiger partial charge in [-0.25, -0.2) is 0 Å². The predicted octanol–water partition coefficient (Wildman–Crippen LogP) is 5.17. The highest BCUT2D eigenvalue weighted by molar-refractivity contribution is 5.92. The van der Waals surface area contributed by atoms with Crippen molar-refractivity contribution in [1.29, 1.82) is 0 Å². The first-order valence-corrected chi connectivity index (χ1v) is 10.4. The van der Waals surface area contributed by atoms with E-state index in [1.54, 1.807) is 6.92 Å². The molecule has 0 aliphatic heterocycles. The Bertz CT molecular complexity index is 632. The van der Waals surface area contributed by atoms with Gasteiger partial charge in [-0.2, -0.15) is 0 Å². The van der Waals surface area contributed by atoms with Gasteiger partial charge in [0.15, 0.2) is 5.78 Å². The fourth-order valence-corrected chi connectivity index (χ4v) is 7.83. The van der Waals surface area contributed by atoms with Crippen LogP contribution < -0.4 is 0 Å². The molecule has 0 bridgehead atoms. The van der Waals surface area contributed by atoms with Gasteiger partial charge in [0, 0.05) is 12.3 Å². The molecule has 2 nitrogen and oxygen atoms in total. The molecule has 0 spiro atoms. The van der Waals surface area contributed by atoms with Gasteiger partial charge in [-0.1, -0.05) is 26.3 Å². The maximum absolute atomic E-state index is 12.2. The molecular formula is C23H33O2. The molecule has 137 valence electrons. The molecular weight excluding hydrogens is 308 g/mol.